The van der Waals surface area contributed by atoms with Crippen LogP contribution in [0.2, 0.25) is 0 Å². The molecule has 0 aliphatic heterocycles. The normalized spacial score (nSPS) is 12.6. The summed E-state index contributed by atoms with van der Waals surface area (Å²) in [5, 5.41) is 12.3. The highest BCUT2D eigenvalue weighted by Gasteiger charge is 2.30. The fourth-order valence-corrected chi connectivity index (χ4v) is 1.71. The quantitative estimate of drug-likeness (QED) is 0.860. The lowest BCUT2D eigenvalue weighted by Gasteiger charge is -2.20. The molecule has 0 aromatic heterocycles. The average molecular weight is 318 g/mol. The maximum atomic E-state index is 12.4. The van der Waals surface area contributed by atoms with Crippen molar-refractivity contribution in [3.05, 3.63) is 35.4 Å². The van der Waals surface area contributed by atoms with Gasteiger partial charge in [0, 0.05) is 27.1 Å². The maximum Gasteiger partial charge on any atom is 0.416 e. The summed E-state index contributed by atoms with van der Waals surface area (Å²) in [5.74, 6) is -0.952. The van der Waals surface area contributed by atoms with Gasteiger partial charge in [-0.25, -0.2) is 0 Å². The third-order valence-corrected chi connectivity index (χ3v) is 3.12. The van der Waals surface area contributed by atoms with E-state index in [0.29, 0.717) is 0 Å². The second-order valence-electron chi connectivity index (χ2n) is 4.71. The number of nitrogens with one attached hydrogen (secondary N) is 1. The zero-order chi connectivity index (χ0) is 16.9. The standard InChI is InChI=1S/C14H17F3N2O3/c1-18-11(20)7-8-19(2)13(22)12(21)9-3-5-10(6-4-9)14(15,16)17/h3-6,12,21H,7-8H2,1-2H3,(H,18,20). The molecule has 1 rings (SSSR count). The molecule has 0 radical (unpaired) electrons. The Morgan fingerprint density at radius 2 is 1.82 bits per heavy atom. The van der Waals surface area contributed by atoms with Crippen LogP contribution < -0.4 is 5.32 Å². The van der Waals surface area contributed by atoms with Crippen molar-refractivity contribution in [3.63, 3.8) is 0 Å². The molecule has 5 nitrogen and oxygen atoms in total. The van der Waals surface area contributed by atoms with Gasteiger partial charge in [-0.15, -0.1) is 0 Å². The molecule has 2 amide bonds. The molecule has 2 N–H and O–H groups in total. The van der Waals surface area contributed by atoms with Crippen LogP contribution in [0.1, 0.15) is 23.7 Å². The number of benzene rings is 1. The summed E-state index contributed by atoms with van der Waals surface area (Å²) in [6, 6.07) is 3.71. The van der Waals surface area contributed by atoms with Crippen LogP contribution in [0.4, 0.5) is 13.2 Å². The molecule has 0 aliphatic rings. The van der Waals surface area contributed by atoms with Crippen molar-refractivity contribution in [1.29, 1.82) is 0 Å². The van der Waals surface area contributed by atoms with E-state index in [4.69, 9.17) is 0 Å². The lowest BCUT2D eigenvalue weighted by atomic mass is 10.1. The summed E-state index contributed by atoms with van der Waals surface area (Å²) in [6.45, 7) is 0.0935. The van der Waals surface area contributed by atoms with Crippen molar-refractivity contribution < 1.29 is 27.9 Å². The van der Waals surface area contributed by atoms with Crippen molar-refractivity contribution in [1.82, 2.24) is 10.2 Å². The number of aliphatic hydroxyl groups excluding tert-OH is 1. The Bertz CT molecular complexity index is 529. The maximum absolute atomic E-state index is 12.4. The highest BCUT2D eigenvalue weighted by atomic mass is 19.4. The van der Waals surface area contributed by atoms with Gasteiger partial charge in [0.05, 0.1) is 5.56 Å². The molecular formula is C14H17F3N2O3. The van der Waals surface area contributed by atoms with Gasteiger partial charge in [-0.1, -0.05) is 12.1 Å². The predicted molar refractivity (Wildman–Crippen MR) is 72.7 cm³/mol. The first-order valence-corrected chi connectivity index (χ1v) is 6.47. The highest BCUT2D eigenvalue weighted by Crippen LogP contribution is 2.30. The van der Waals surface area contributed by atoms with Crippen LogP contribution in [-0.4, -0.2) is 42.5 Å². The van der Waals surface area contributed by atoms with Crippen molar-refractivity contribution in [3.8, 4) is 0 Å². The van der Waals surface area contributed by atoms with E-state index in [1.54, 1.807) is 0 Å². The first-order valence-electron chi connectivity index (χ1n) is 6.47. The average Bonchev–Trinajstić information content (AvgIpc) is 2.49. The second kappa shape index (κ2) is 7.26. The van der Waals surface area contributed by atoms with Crippen LogP contribution in [-0.2, 0) is 15.8 Å². The van der Waals surface area contributed by atoms with E-state index in [9.17, 15) is 27.9 Å². The van der Waals surface area contributed by atoms with Gasteiger partial charge in [-0.05, 0) is 17.7 Å². The Morgan fingerprint density at radius 1 is 1.27 bits per heavy atom. The number of halogens is 3. The predicted octanol–water partition coefficient (Wildman–Crippen LogP) is 1.33. The zero-order valence-corrected chi connectivity index (χ0v) is 12.1. The Hall–Kier alpha value is -2.09. The summed E-state index contributed by atoms with van der Waals surface area (Å²) in [7, 11) is 2.86. The number of alkyl halides is 3. The Morgan fingerprint density at radius 3 is 2.27 bits per heavy atom. The van der Waals surface area contributed by atoms with Crippen molar-refractivity contribution in [2.75, 3.05) is 20.6 Å². The molecule has 0 fully saturated rings. The summed E-state index contributed by atoms with van der Waals surface area (Å²) in [6.07, 6.45) is -5.98. The molecule has 1 unspecified atom stereocenters. The van der Waals surface area contributed by atoms with Gasteiger partial charge < -0.3 is 15.3 Å². The molecule has 1 atom stereocenters. The smallest absolute Gasteiger partial charge is 0.378 e. The van der Waals surface area contributed by atoms with Crippen LogP contribution in [0.3, 0.4) is 0 Å². The second-order valence-corrected chi connectivity index (χ2v) is 4.71. The van der Waals surface area contributed by atoms with Gasteiger partial charge in [0.15, 0.2) is 6.10 Å². The number of carbonyl (C=O) groups is 2. The van der Waals surface area contributed by atoms with Crippen LogP contribution in [0, 0.1) is 0 Å². The number of carbonyl (C=O) groups excluding carboxylic acids is 2. The third-order valence-electron chi connectivity index (χ3n) is 3.12. The topological polar surface area (TPSA) is 69.6 Å². The van der Waals surface area contributed by atoms with E-state index >= 15 is 0 Å². The largest absolute Gasteiger partial charge is 0.416 e. The van der Waals surface area contributed by atoms with Crippen molar-refractivity contribution in [2.24, 2.45) is 0 Å². The molecule has 0 saturated carbocycles. The Labute approximate surface area is 125 Å². The van der Waals surface area contributed by atoms with Gasteiger partial charge >= 0.3 is 6.18 Å². The third kappa shape index (κ3) is 4.73. The van der Waals surface area contributed by atoms with Crippen LogP contribution in [0.15, 0.2) is 24.3 Å². The van der Waals surface area contributed by atoms with Gasteiger partial charge in [-0.2, -0.15) is 13.2 Å². The fraction of sp³-hybridized carbons (Fsp3) is 0.429. The minimum atomic E-state index is -4.47. The van der Waals surface area contributed by atoms with E-state index in [1.807, 2.05) is 0 Å². The van der Waals surface area contributed by atoms with Crippen molar-refractivity contribution >= 4 is 11.8 Å². The minimum absolute atomic E-state index is 0.0600. The fourth-order valence-electron chi connectivity index (χ4n) is 1.71. The number of rotatable bonds is 5. The summed E-state index contributed by atoms with van der Waals surface area (Å²) in [5.41, 5.74) is -0.798. The van der Waals surface area contributed by atoms with E-state index < -0.39 is 23.8 Å². The lowest BCUT2D eigenvalue weighted by molar-refractivity contribution is -0.139. The van der Waals surface area contributed by atoms with Crippen LogP contribution in [0.25, 0.3) is 0 Å². The molecule has 1 aromatic rings. The molecule has 0 heterocycles. The summed E-state index contributed by atoms with van der Waals surface area (Å²) in [4.78, 5) is 24.2. The summed E-state index contributed by atoms with van der Waals surface area (Å²) < 4.78 is 37.3. The molecule has 0 spiro atoms. The lowest BCUT2D eigenvalue weighted by Crippen LogP contribution is -2.34. The Balaban J connectivity index is 2.72. The molecule has 122 valence electrons. The van der Waals surface area contributed by atoms with Gasteiger partial charge in [0.2, 0.25) is 5.91 Å². The Kier molecular flexibility index (Phi) is 5.92. The number of amides is 2. The zero-order valence-electron chi connectivity index (χ0n) is 12.1. The minimum Gasteiger partial charge on any atom is -0.378 e. The molecule has 0 bridgehead atoms. The molecule has 1 aromatic carbocycles. The van der Waals surface area contributed by atoms with E-state index in [2.05, 4.69) is 5.32 Å². The first-order chi connectivity index (χ1) is 10.2. The number of aliphatic hydroxyl groups is 1. The number of hydrogen-bond donors (Lipinski definition) is 2. The molecular weight excluding hydrogens is 301 g/mol. The van der Waals surface area contributed by atoms with E-state index in [-0.39, 0.29) is 24.4 Å². The monoisotopic (exact) mass is 318 g/mol. The highest BCUT2D eigenvalue weighted by molar-refractivity contribution is 5.82. The number of nitrogens with zero attached hydrogens (tertiary/aromatic N) is 1. The molecule has 22 heavy (non-hydrogen) atoms. The SMILES string of the molecule is CNC(=O)CCN(C)C(=O)C(O)c1ccc(C(F)(F)F)cc1. The van der Waals surface area contributed by atoms with Gasteiger partial charge in [0.25, 0.3) is 5.91 Å². The van der Waals surface area contributed by atoms with Crippen LogP contribution >= 0.6 is 0 Å². The molecule has 0 saturated heterocycles. The summed E-state index contributed by atoms with van der Waals surface area (Å²) >= 11 is 0. The number of hydrogen-bond acceptors (Lipinski definition) is 3. The van der Waals surface area contributed by atoms with Crippen molar-refractivity contribution in [2.45, 2.75) is 18.7 Å². The van der Waals surface area contributed by atoms with E-state index in [0.717, 1.165) is 29.2 Å². The molecule has 0 aliphatic carbocycles. The first kappa shape index (κ1) is 18.0. The van der Waals surface area contributed by atoms with Gasteiger partial charge in [0.1, 0.15) is 0 Å². The molecule has 8 heteroatoms. The van der Waals surface area contributed by atoms with E-state index in [1.165, 1.54) is 14.1 Å². The van der Waals surface area contributed by atoms with Crippen LogP contribution in [0.5, 0.6) is 0 Å². The van der Waals surface area contributed by atoms with Gasteiger partial charge in [-0.3, -0.25) is 9.59 Å². The number of likely N-dealkylation sites (N-methyl/N-ethyl adjacent to an activating group) is 1.